The molecule has 0 saturated heterocycles. The number of benzene rings is 1. The molecule has 0 saturated carbocycles. The molecule has 2 atom stereocenters. The standard InChI is InChI=1S/C22H34N6O4/c1-15(8-7-12-26-22(23)24)21(32)28(17(3)29)14-19(30)27-16(2)20(31)25-13-11-18-9-5-4-6-10-18/h4-6,9-10,15-16H,7-8,11-14H2,1-3H3,(H,25,31)(H,27,30)(H4,23,24,26)/t15-,16-/m0/s1. The van der Waals surface area contributed by atoms with E-state index in [1.165, 1.54) is 6.92 Å². The summed E-state index contributed by atoms with van der Waals surface area (Å²) in [4.78, 5) is 53.8. The van der Waals surface area contributed by atoms with Crippen molar-refractivity contribution >= 4 is 29.6 Å². The number of aliphatic imine (C=N–C) groups is 1. The maximum atomic E-state index is 12.6. The van der Waals surface area contributed by atoms with Gasteiger partial charge in [-0.1, -0.05) is 37.3 Å². The van der Waals surface area contributed by atoms with E-state index < -0.39 is 36.2 Å². The van der Waals surface area contributed by atoms with Gasteiger partial charge in [-0.15, -0.1) is 0 Å². The lowest BCUT2D eigenvalue weighted by Gasteiger charge is -2.23. The molecule has 0 aliphatic carbocycles. The van der Waals surface area contributed by atoms with E-state index in [1.54, 1.807) is 13.8 Å². The molecule has 0 heterocycles. The number of hydrogen-bond donors (Lipinski definition) is 4. The number of carbonyl (C=O) groups excluding carboxylic acids is 4. The molecule has 10 heteroatoms. The van der Waals surface area contributed by atoms with E-state index in [9.17, 15) is 19.2 Å². The second-order valence-electron chi connectivity index (χ2n) is 7.61. The number of guanidine groups is 1. The van der Waals surface area contributed by atoms with Crippen LogP contribution < -0.4 is 22.1 Å². The molecule has 10 nitrogen and oxygen atoms in total. The summed E-state index contributed by atoms with van der Waals surface area (Å²) in [7, 11) is 0. The Labute approximate surface area is 188 Å². The number of carbonyl (C=O) groups is 4. The molecule has 176 valence electrons. The van der Waals surface area contributed by atoms with E-state index in [-0.39, 0.29) is 11.9 Å². The Hall–Kier alpha value is -3.43. The van der Waals surface area contributed by atoms with Crippen LogP contribution in [0.25, 0.3) is 0 Å². The van der Waals surface area contributed by atoms with Gasteiger partial charge >= 0.3 is 0 Å². The number of amides is 4. The maximum absolute atomic E-state index is 12.6. The highest BCUT2D eigenvalue weighted by atomic mass is 16.2. The van der Waals surface area contributed by atoms with Crippen molar-refractivity contribution in [3.63, 3.8) is 0 Å². The second-order valence-corrected chi connectivity index (χ2v) is 7.61. The van der Waals surface area contributed by atoms with Crippen LogP contribution in [0.5, 0.6) is 0 Å². The zero-order valence-electron chi connectivity index (χ0n) is 19.0. The van der Waals surface area contributed by atoms with E-state index in [0.717, 1.165) is 10.5 Å². The van der Waals surface area contributed by atoms with Gasteiger partial charge < -0.3 is 22.1 Å². The lowest BCUT2D eigenvalue weighted by Crippen LogP contribution is -2.50. The Bertz CT molecular complexity index is 808. The summed E-state index contributed by atoms with van der Waals surface area (Å²) in [6.07, 6.45) is 1.69. The quantitative estimate of drug-likeness (QED) is 0.199. The van der Waals surface area contributed by atoms with Crippen molar-refractivity contribution in [2.75, 3.05) is 19.6 Å². The molecule has 0 aromatic heterocycles. The molecule has 0 spiro atoms. The Balaban J connectivity index is 2.49. The van der Waals surface area contributed by atoms with E-state index in [4.69, 9.17) is 11.5 Å². The third-order valence-electron chi connectivity index (χ3n) is 4.79. The molecule has 1 rings (SSSR count). The highest BCUT2D eigenvalue weighted by Gasteiger charge is 2.26. The number of nitrogens with zero attached hydrogens (tertiary/aromatic N) is 2. The van der Waals surface area contributed by atoms with Crippen LogP contribution in [0.4, 0.5) is 0 Å². The normalized spacial score (nSPS) is 12.2. The van der Waals surface area contributed by atoms with Crippen molar-refractivity contribution in [1.82, 2.24) is 15.5 Å². The lowest BCUT2D eigenvalue weighted by atomic mass is 10.0. The first kappa shape index (κ1) is 26.6. The first-order valence-corrected chi connectivity index (χ1v) is 10.6. The van der Waals surface area contributed by atoms with Gasteiger partial charge in [0.2, 0.25) is 23.6 Å². The fourth-order valence-corrected chi connectivity index (χ4v) is 2.96. The molecule has 4 amide bonds. The van der Waals surface area contributed by atoms with Crippen molar-refractivity contribution in [3.8, 4) is 0 Å². The molecule has 0 bridgehead atoms. The second kappa shape index (κ2) is 13.8. The van der Waals surface area contributed by atoms with E-state index in [1.807, 2.05) is 30.3 Å². The Kier molecular flexibility index (Phi) is 11.5. The number of nitrogens with two attached hydrogens (primary N) is 2. The van der Waals surface area contributed by atoms with Crippen molar-refractivity contribution in [1.29, 1.82) is 0 Å². The van der Waals surface area contributed by atoms with Crippen LogP contribution in [0.2, 0.25) is 0 Å². The van der Waals surface area contributed by atoms with Crippen LogP contribution in [-0.2, 0) is 25.6 Å². The zero-order chi connectivity index (χ0) is 24.1. The van der Waals surface area contributed by atoms with Crippen molar-refractivity contribution in [2.45, 2.75) is 46.1 Å². The summed E-state index contributed by atoms with van der Waals surface area (Å²) in [5, 5.41) is 5.29. The molecule has 0 unspecified atom stereocenters. The fraction of sp³-hybridized carbons (Fsp3) is 0.500. The summed E-state index contributed by atoms with van der Waals surface area (Å²) >= 11 is 0. The molecule has 0 radical (unpaired) electrons. The molecular weight excluding hydrogens is 412 g/mol. The topological polar surface area (TPSA) is 160 Å². The van der Waals surface area contributed by atoms with Crippen molar-refractivity contribution in [2.24, 2.45) is 22.4 Å². The highest BCUT2D eigenvalue weighted by Crippen LogP contribution is 2.10. The molecular formula is C22H34N6O4. The van der Waals surface area contributed by atoms with Gasteiger partial charge in [0.1, 0.15) is 12.6 Å². The zero-order valence-corrected chi connectivity index (χ0v) is 19.0. The smallest absolute Gasteiger partial charge is 0.242 e. The summed E-state index contributed by atoms with van der Waals surface area (Å²) in [5.74, 6) is -2.45. The van der Waals surface area contributed by atoms with Gasteiger partial charge in [-0.25, -0.2) is 0 Å². The van der Waals surface area contributed by atoms with Gasteiger partial charge in [0.15, 0.2) is 5.96 Å². The van der Waals surface area contributed by atoms with Crippen LogP contribution >= 0.6 is 0 Å². The molecule has 1 aromatic carbocycles. The number of imide groups is 1. The van der Waals surface area contributed by atoms with Gasteiger partial charge in [-0.3, -0.25) is 29.1 Å². The summed E-state index contributed by atoms with van der Waals surface area (Å²) in [6.45, 7) is 4.79. The van der Waals surface area contributed by atoms with Crippen LogP contribution in [0.1, 0.15) is 39.2 Å². The molecule has 32 heavy (non-hydrogen) atoms. The van der Waals surface area contributed by atoms with Gasteiger partial charge in [-0.2, -0.15) is 0 Å². The first-order valence-electron chi connectivity index (χ1n) is 10.6. The third-order valence-corrected chi connectivity index (χ3v) is 4.79. The average Bonchev–Trinajstić information content (AvgIpc) is 2.74. The van der Waals surface area contributed by atoms with E-state index in [0.29, 0.717) is 32.4 Å². The van der Waals surface area contributed by atoms with Crippen molar-refractivity contribution < 1.29 is 19.2 Å². The molecule has 0 aliphatic rings. The minimum absolute atomic E-state index is 0.0239. The third kappa shape index (κ3) is 10.1. The molecule has 0 aliphatic heterocycles. The van der Waals surface area contributed by atoms with Gasteiger partial charge in [0, 0.05) is 25.9 Å². The minimum Gasteiger partial charge on any atom is -0.370 e. The monoisotopic (exact) mass is 446 g/mol. The van der Waals surface area contributed by atoms with Gasteiger partial charge in [0.05, 0.1) is 0 Å². The minimum atomic E-state index is -0.806. The average molecular weight is 447 g/mol. The Morgan fingerprint density at radius 3 is 2.34 bits per heavy atom. The summed E-state index contributed by atoms with van der Waals surface area (Å²) in [5.41, 5.74) is 11.6. The van der Waals surface area contributed by atoms with E-state index >= 15 is 0 Å². The first-order chi connectivity index (χ1) is 15.1. The Morgan fingerprint density at radius 2 is 1.75 bits per heavy atom. The predicted molar refractivity (Wildman–Crippen MR) is 122 cm³/mol. The number of nitrogens with one attached hydrogen (secondary N) is 2. The number of hydrogen-bond acceptors (Lipinski definition) is 5. The summed E-state index contributed by atoms with van der Waals surface area (Å²) < 4.78 is 0. The van der Waals surface area contributed by atoms with Crippen LogP contribution in [0, 0.1) is 5.92 Å². The van der Waals surface area contributed by atoms with Crippen molar-refractivity contribution in [3.05, 3.63) is 35.9 Å². The van der Waals surface area contributed by atoms with Gasteiger partial charge in [0.25, 0.3) is 0 Å². The van der Waals surface area contributed by atoms with Gasteiger partial charge in [-0.05, 0) is 31.7 Å². The largest absolute Gasteiger partial charge is 0.370 e. The maximum Gasteiger partial charge on any atom is 0.242 e. The molecule has 6 N–H and O–H groups in total. The van der Waals surface area contributed by atoms with Crippen LogP contribution in [-0.4, -0.2) is 60.2 Å². The van der Waals surface area contributed by atoms with Crippen LogP contribution in [0.3, 0.4) is 0 Å². The predicted octanol–water partition coefficient (Wildman–Crippen LogP) is -0.0852. The molecule has 1 aromatic rings. The molecule has 0 fully saturated rings. The lowest BCUT2D eigenvalue weighted by molar-refractivity contribution is -0.149. The summed E-state index contributed by atoms with van der Waals surface area (Å²) in [6, 6.07) is 8.89. The highest BCUT2D eigenvalue weighted by molar-refractivity contribution is 5.99. The Morgan fingerprint density at radius 1 is 1.09 bits per heavy atom. The SMILES string of the molecule is CC(=O)N(CC(=O)N[C@@H](C)C(=O)NCCc1ccccc1)C(=O)[C@@H](C)CCCN=C(N)N. The fourth-order valence-electron chi connectivity index (χ4n) is 2.96. The number of rotatable bonds is 12. The van der Waals surface area contributed by atoms with E-state index in [2.05, 4.69) is 15.6 Å². The van der Waals surface area contributed by atoms with Crippen LogP contribution in [0.15, 0.2) is 35.3 Å².